The van der Waals surface area contributed by atoms with Crippen molar-refractivity contribution in [2.45, 2.75) is 19.4 Å². The van der Waals surface area contributed by atoms with Crippen LogP contribution in [0.2, 0.25) is 0 Å². The van der Waals surface area contributed by atoms with Gasteiger partial charge in [-0.15, -0.1) is 0 Å². The first-order chi connectivity index (χ1) is 9.92. The Kier molecular flexibility index (Phi) is 4.32. The Hall–Kier alpha value is -2.29. The summed E-state index contributed by atoms with van der Waals surface area (Å²) in [5, 5.41) is 6.88. The molecule has 0 amide bonds. The number of ether oxygens (including phenoxy) is 1. The van der Waals surface area contributed by atoms with Crippen LogP contribution < -0.4 is 10.1 Å². The van der Waals surface area contributed by atoms with Gasteiger partial charge >= 0.3 is 6.01 Å². The molecule has 0 saturated heterocycles. The molecule has 2 rings (SSSR count). The van der Waals surface area contributed by atoms with Crippen molar-refractivity contribution in [3.8, 4) is 12.0 Å². The Morgan fingerprint density at radius 2 is 2.05 bits per heavy atom. The fourth-order valence-corrected chi connectivity index (χ4v) is 1.31. The Morgan fingerprint density at radius 3 is 2.62 bits per heavy atom. The van der Waals surface area contributed by atoms with Crippen molar-refractivity contribution in [1.82, 2.24) is 34.6 Å². The highest BCUT2D eigenvalue weighted by molar-refractivity contribution is 5.28. The summed E-state index contributed by atoms with van der Waals surface area (Å²) < 4.78 is 7.16. The van der Waals surface area contributed by atoms with Gasteiger partial charge in [0.1, 0.15) is 19.3 Å². The van der Waals surface area contributed by atoms with E-state index in [0.717, 1.165) is 0 Å². The summed E-state index contributed by atoms with van der Waals surface area (Å²) in [6, 6.07) is 0.245. The molecule has 2 aromatic rings. The van der Waals surface area contributed by atoms with Crippen LogP contribution in [0.5, 0.6) is 6.01 Å². The third kappa shape index (κ3) is 3.63. The fraction of sp³-hybridized carbons (Fsp3) is 0.583. The lowest BCUT2D eigenvalue weighted by molar-refractivity contribution is 0.107. The summed E-state index contributed by atoms with van der Waals surface area (Å²) in [5.41, 5.74) is -0.139. The second-order valence-electron chi connectivity index (χ2n) is 5.33. The van der Waals surface area contributed by atoms with E-state index in [1.165, 1.54) is 17.3 Å². The number of aromatic nitrogens is 6. The van der Waals surface area contributed by atoms with Crippen molar-refractivity contribution in [2.75, 3.05) is 33.1 Å². The third-order valence-corrected chi connectivity index (χ3v) is 3.22. The smallest absolute Gasteiger partial charge is 0.323 e. The first-order valence-electron chi connectivity index (χ1n) is 6.51. The van der Waals surface area contributed by atoms with Crippen molar-refractivity contribution in [1.29, 1.82) is 0 Å². The molecule has 0 bridgehead atoms. The molecule has 2 aromatic heterocycles. The summed E-state index contributed by atoms with van der Waals surface area (Å²) in [7, 11) is 5.72. The molecular weight excluding hydrogens is 272 g/mol. The monoisotopic (exact) mass is 292 g/mol. The van der Waals surface area contributed by atoms with E-state index in [0.29, 0.717) is 18.5 Å². The van der Waals surface area contributed by atoms with Gasteiger partial charge in [-0.05, 0) is 27.9 Å². The lowest BCUT2D eigenvalue weighted by Gasteiger charge is -2.31. The molecule has 0 aliphatic rings. The van der Waals surface area contributed by atoms with Crippen molar-refractivity contribution in [3.63, 3.8) is 0 Å². The predicted octanol–water partition coefficient (Wildman–Crippen LogP) is 0.213. The normalized spacial score (nSPS) is 11.7. The van der Waals surface area contributed by atoms with Crippen LogP contribution in [0.25, 0.3) is 5.95 Å². The maximum atomic E-state index is 5.71. The Labute approximate surface area is 123 Å². The van der Waals surface area contributed by atoms with Gasteiger partial charge in [-0.1, -0.05) is 0 Å². The summed E-state index contributed by atoms with van der Waals surface area (Å²) in [6.45, 7) is 4.60. The van der Waals surface area contributed by atoms with Gasteiger partial charge in [0.2, 0.25) is 5.95 Å². The van der Waals surface area contributed by atoms with Crippen LogP contribution in [0.15, 0.2) is 12.7 Å². The first-order valence-corrected chi connectivity index (χ1v) is 6.51. The van der Waals surface area contributed by atoms with Crippen molar-refractivity contribution in [2.24, 2.45) is 0 Å². The van der Waals surface area contributed by atoms with Gasteiger partial charge in [0, 0.05) is 12.6 Å². The molecule has 114 valence electrons. The molecule has 0 spiro atoms. The first kappa shape index (κ1) is 15.1. The van der Waals surface area contributed by atoms with Crippen molar-refractivity contribution < 1.29 is 4.74 Å². The standard InChI is InChI=1S/C12H20N8O/c1-12(2,19(4)5)6-21-11-17-9(13-3)16-10(18-11)20-8-14-7-15-20/h7-8H,6H2,1-5H3,(H,13,16,17,18). The molecule has 0 aliphatic heterocycles. The maximum absolute atomic E-state index is 5.71. The van der Waals surface area contributed by atoms with E-state index in [1.807, 2.05) is 14.1 Å². The largest absolute Gasteiger partial charge is 0.461 e. The molecule has 9 nitrogen and oxygen atoms in total. The number of anilines is 1. The van der Waals surface area contributed by atoms with E-state index >= 15 is 0 Å². The molecule has 21 heavy (non-hydrogen) atoms. The Morgan fingerprint density at radius 1 is 1.29 bits per heavy atom. The second-order valence-corrected chi connectivity index (χ2v) is 5.33. The quantitative estimate of drug-likeness (QED) is 0.807. The number of nitrogens with one attached hydrogen (secondary N) is 1. The average Bonchev–Trinajstić information content (AvgIpc) is 2.99. The van der Waals surface area contributed by atoms with Crippen LogP contribution in [-0.4, -0.2) is 67.9 Å². The highest BCUT2D eigenvalue weighted by Gasteiger charge is 2.22. The zero-order valence-corrected chi connectivity index (χ0v) is 12.9. The Bertz CT molecular complexity index is 581. The summed E-state index contributed by atoms with van der Waals surface area (Å²) in [4.78, 5) is 18.6. The summed E-state index contributed by atoms with van der Waals surface area (Å²) in [6.07, 6.45) is 2.93. The minimum Gasteiger partial charge on any atom is -0.461 e. The molecule has 0 aromatic carbocycles. The molecule has 0 fully saturated rings. The molecule has 0 unspecified atom stereocenters. The highest BCUT2D eigenvalue weighted by Crippen LogP contribution is 2.14. The van der Waals surface area contributed by atoms with Gasteiger partial charge in [-0.2, -0.15) is 24.7 Å². The number of hydrogen-bond donors (Lipinski definition) is 1. The van der Waals surface area contributed by atoms with E-state index < -0.39 is 0 Å². The van der Waals surface area contributed by atoms with Crippen LogP contribution in [0.1, 0.15) is 13.8 Å². The van der Waals surface area contributed by atoms with Gasteiger partial charge in [0.25, 0.3) is 5.95 Å². The van der Waals surface area contributed by atoms with Crippen LogP contribution in [0.3, 0.4) is 0 Å². The highest BCUT2D eigenvalue weighted by atomic mass is 16.5. The van der Waals surface area contributed by atoms with E-state index in [4.69, 9.17) is 4.74 Å². The summed E-state index contributed by atoms with van der Waals surface area (Å²) in [5.74, 6) is 0.762. The molecular formula is C12H20N8O. The second kappa shape index (κ2) is 6.00. The number of nitrogens with zero attached hydrogens (tertiary/aromatic N) is 7. The molecule has 2 heterocycles. The molecule has 0 aliphatic carbocycles. The van der Waals surface area contributed by atoms with Crippen LogP contribution in [-0.2, 0) is 0 Å². The van der Waals surface area contributed by atoms with Gasteiger partial charge in [-0.3, -0.25) is 0 Å². The van der Waals surface area contributed by atoms with E-state index in [-0.39, 0.29) is 11.5 Å². The predicted molar refractivity (Wildman–Crippen MR) is 77.6 cm³/mol. The molecule has 1 N–H and O–H groups in total. The van der Waals surface area contributed by atoms with Gasteiger partial charge in [0.15, 0.2) is 0 Å². The summed E-state index contributed by atoms with van der Waals surface area (Å²) >= 11 is 0. The van der Waals surface area contributed by atoms with Crippen LogP contribution in [0.4, 0.5) is 5.95 Å². The minimum atomic E-state index is -0.139. The van der Waals surface area contributed by atoms with Crippen LogP contribution in [0, 0.1) is 0 Å². The molecule has 0 radical (unpaired) electrons. The zero-order valence-electron chi connectivity index (χ0n) is 12.9. The molecule has 0 atom stereocenters. The van der Waals surface area contributed by atoms with Crippen LogP contribution >= 0.6 is 0 Å². The fourth-order valence-electron chi connectivity index (χ4n) is 1.31. The average molecular weight is 292 g/mol. The van der Waals surface area contributed by atoms with E-state index in [2.05, 4.69) is 49.1 Å². The van der Waals surface area contributed by atoms with Crippen molar-refractivity contribution in [3.05, 3.63) is 12.7 Å². The van der Waals surface area contributed by atoms with Gasteiger partial charge < -0.3 is 15.0 Å². The number of likely N-dealkylation sites (N-methyl/N-ethyl adjacent to an activating group) is 1. The van der Waals surface area contributed by atoms with Crippen molar-refractivity contribution >= 4 is 5.95 Å². The minimum absolute atomic E-state index is 0.139. The molecule has 0 saturated carbocycles. The van der Waals surface area contributed by atoms with E-state index in [9.17, 15) is 0 Å². The lowest BCUT2D eigenvalue weighted by atomic mass is 10.1. The number of rotatable bonds is 6. The maximum Gasteiger partial charge on any atom is 0.323 e. The molecule has 9 heteroatoms. The van der Waals surface area contributed by atoms with Gasteiger partial charge in [-0.25, -0.2) is 4.98 Å². The Balaban J connectivity index is 2.22. The lowest BCUT2D eigenvalue weighted by Crippen LogP contribution is -2.43. The topological polar surface area (TPSA) is 93.9 Å². The van der Waals surface area contributed by atoms with E-state index in [1.54, 1.807) is 7.05 Å². The third-order valence-electron chi connectivity index (χ3n) is 3.22. The van der Waals surface area contributed by atoms with Gasteiger partial charge in [0.05, 0.1) is 0 Å². The number of hydrogen-bond acceptors (Lipinski definition) is 8. The SMILES string of the molecule is CNc1nc(OCC(C)(C)N(C)C)nc(-n2cncn2)n1. The zero-order chi connectivity index (χ0) is 15.5.